The van der Waals surface area contributed by atoms with E-state index < -0.39 is 46.3 Å². The number of carboxylic acid groups (broad SMARTS) is 2. The van der Waals surface area contributed by atoms with Crippen molar-refractivity contribution in [3.63, 3.8) is 0 Å². The number of oxime groups is 1. The zero-order chi connectivity index (χ0) is 22.1. The van der Waals surface area contributed by atoms with Crippen LogP contribution in [0.25, 0.3) is 0 Å². The molecule has 2 amide bonds. The zero-order valence-corrected chi connectivity index (χ0v) is 17.4. The second kappa shape index (κ2) is 8.45. The Morgan fingerprint density at radius 3 is 2.63 bits per heavy atom. The van der Waals surface area contributed by atoms with Gasteiger partial charge in [-0.05, 0) is 11.4 Å². The fourth-order valence-corrected chi connectivity index (χ4v) is 5.34. The molecule has 1 aromatic rings. The summed E-state index contributed by atoms with van der Waals surface area (Å²) in [6.45, 7) is 0. The van der Waals surface area contributed by atoms with Crippen LogP contribution in [0.1, 0.15) is 4.88 Å². The molecule has 0 unspecified atom stereocenters. The van der Waals surface area contributed by atoms with Gasteiger partial charge in [-0.15, -0.1) is 23.1 Å². The third-order valence-corrected chi connectivity index (χ3v) is 6.66. The molecule has 0 aromatic carbocycles. The summed E-state index contributed by atoms with van der Waals surface area (Å²) in [7, 11) is 2.35. The van der Waals surface area contributed by atoms with Crippen LogP contribution in [0.4, 0.5) is 0 Å². The van der Waals surface area contributed by atoms with E-state index >= 15 is 0 Å². The van der Waals surface area contributed by atoms with Crippen molar-refractivity contribution in [2.24, 2.45) is 5.16 Å². The molecule has 0 radical (unpaired) electrons. The Bertz CT molecular complexity index is 958. The largest absolute Gasteiger partial charge is 0.477 e. The molecule has 160 valence electrons. The molecular formula is C17H17N3O8S2. The molecule has 0 bridgehead atoms. The number of amides is 2. The van der Waals surface area contributed by atoms with Crippen LogP contribution < -0.4 is 5.32 Å². The van der Waals surface area contributed by atoms with Crippen molar-refractivity contribution in [2.75, 3.05) is 20.0 Å². The lowest BCUT2D eigenvalue weighted by atomic mass is 9.96. The van der Waals surface area contributed by atoms with E-state index in [0.717, 1.165) is 28.6 Å². The van der Waals surface area contributed by atoms with E-state index in [9.17, 15) is 29.4 Å². The van der Waals surface area contributed by atoms with Crippen LogP contribution in [-0.4, -0.2) is 75.6 Å². The first kappa shape index (κ1) is 21.8. The maximum Gasteiger partial charge on any atom is 0.358 e. The number of hydrogen-bond donors (Lipinski definition) is 3. The van der Waals surface area contributed by atoms with Crippen molar-refractivity contribution in [1.29, 1.82) is 0 Å². The number of carboxylic acids is 2. The number of carbonyl (C=O) groups is 4. The van der Waals surface area contributed by atoms with E-state index in [1.165, 1.54) is 18.4 Å². The fourth-order valence-electron chi connectivity index (χ4n) is 3.20. The molecule has 3 rings (SSSR count). The SMILES string of the molecule is CON=C(C(=O)O)C1=C(C(=O)O)N2C(=O)[C@](NC(=O)Cc3cccs3)(OC)[C@@H]2SC1. The molecule has 13 heteroatoms. The number of thioether (sulfide) groups is 1. The quantitative estimate of drug-likeness (QED) is 0.214. The molecule has 0 saturated carbocycles. The smallest absolute Gasteiger partial charge is 0.358 e. The second-order valence-corrected chi connectivity index (χ2v) is 8.24. The van der Waals surface area contributed by atoms with Crippen molar-refractivity contribution in [2.45, 2.75) is 17.5 Å². The van der Waals surface area contributed by atoms with Gasteiger partial charge in [0.05, 0.1) is 6.42 Å². The summed E-state index contributed by atoms with van der Waals surface area (Å²) in [5, 5.41) is 25.9. The van der Waals surface area contributed by atoms with Gasteiger partial charge in [-0.1, -0.05) is 11.2 Å². The number of nitrogens with zero attached hydrogens (tertiary/aromatic N) is 2. The van der Waals surface area contributed by atoms with Gasteiger partial charge in [-0.2, -0.15) is 0 Å². The van der Waals surface area contributed by atoms with E-state index in [0.29, 0.717) is 0 Å². The minimum absolute atomic E-state index is 0.0317. The monoisotopic (exact) mass is 455 g/mol. The highest BCUT2D eigenvalue weighted by atomic mass is 32.2. The summed E-state index contributed by atoms with van der Waals surface area (Å²) < 4.78 is 5.34. The van der Waals surface area contributed by atoms with Crippen LogP contribution in [0.15, 0.2) is 33.9 Å². The van der Waals surface area contributed by atoms with Gasteiger partial charge in [0.25, 0.3) is 11.6 Å². The Hall–Kier alpha value is -2.90. The minimum atomic E-state index is -1.76. The minimum Gasteiger partial charge on any atom is -0.477 e. The van der Waals surface area contributed by atoms with Gasteiger partial charge in [0.15, 0.2) is 5.71 Å². The number of aliphatic carboxylic acids is 2. The molecule has 1 fully saturated rings. The average Bonchev–Trinajstić information content (AvgIpc) is 3.21. The first-order valence-electron chi connectivity index (χ1n) is 8.41. The zero-order valence-electron chi connectivity index (χ0n) is 15.8. The van der Waals surface area contributed by atoms with Crippen LogP contribution in [0.2, 0.25) is 0 Å². The van der Waals surface area contributed by atoms with Gasteiger partial charge in [0, 0.05) is 23.3 Å². The van der Waals surface area contributed by atoms with E-state index in [1.54, 1.807) is 12.1 Å². The number of hydrogen-bond acceptors (Lipinski definition) is 9. The number of methoxy groups -OCH3 is 1. The molecule has 30 heavy (non-hydrogen) atoms. The van der Waals surface area contributed by atoms with E-state index in [1.807, 2.05) is 5.38 Å². The first-order chi connectivity index (χ1) is 14.3. The van der Waals surface area contributed by atoms with Crippen molar-refractivity contribution in [1.82, 2.24) is 10.2 Å². The van der Waals surface area contributed by atoms with Crippen LogP contribution in [0.3, 0.4) is 0 Å². The predicted octanol–water partition coefficient (Wildman–Crippen LogP) is 0.0903. The highest BCUT2D eigenvalue weighted by Crippen LogP contribution is 2.46. The Morgan fingerprint density at radius 2 is 2.10 bits per heavy atom. The molecule has 3 N–H and O–H groups in total. The first-order valence-corrected chi connectivity index (χ1v) is 10.3. The molecular weight excluding hydrogens is 438 g/mol. The molecule has 1 saturated heterocycles. The molecule has 0 aliphatic carbocycles. The Kier molecular flexibility index (Phi) is 6.14. The maximum atomic E-state index is 13.0. The third-order valence-electron chi connectivity index (χ3n) is 4.47. The number of thiophene rings is 1. The van der Waals surface area contributed by atoms with E-state index in [2.05, 4.69) is 15.3 Å². The van der Waals surface area contributed by atoms with Crippen molar-refractivity contribution in [3.05, 3.63) is 33.7 Å². The van der Waals surface area contributed by atoms with Crippen molar-refractivity contribution in [3.8, 4) is 0 Å². The molecule has 2 aliphatic rings. The molecule has 2 aliphatic heterocycles. The number of carbonyl (C=O) groups excluding carboxylic acids is 2. The molecule has 2 atom stereocenters. The van der Waals surface area contributed by atoms with Crippen LogP contribution in [-0.2, 0) is 35.2 Å². The standard InChI is InChI=1S/C17H17N3O8S2/c1-27-17(18-10(21)6-8-4-3-5-29-8)15(26)20-12(14(24)25)9(7-30-16(17)20)11(13(22)23)19-28-2/h3-5,16H,6-7H2,1-2H3,(H,18,21)(H,22,23)(H,24,25)/t16-,17-/m0/s1. The summed E-state index contributed by atoms with van der Waals surface area (Å²) >= 11 is 2.43. The second-order valence-electron chi connectivity index (χ2n) is 6.14. The summed E-state index contributed by atoms with van der Waals surface area (Å²) in [6.07, 6.45) is 0.0317. The Morgan fingerprint density at radius 1 is 1.37 bits per heavy atom. The van der Waals surface area contributed by atoms with Crippen LogP contribution in [0, 0.1) is 0 Å². The number of rotatable bonds is 8. The molecule has 11 nitrogen and oxygen atoms in total. The van der Waals surface area contributed by atoms with Crippen molar-refractivity contribution >= 4 is 52.6 Å². The number of ether oxygens (including phenoxy) is 1. The number of fused-ring (bicyclic) bond motifs is 1. The van der Waals surface area contributed by atoms with Gasteiger partial charge < -0.3 is 25.1 Å². The summed E-state index contributed by atoms with van der Waals surface area (Å²) in [6, 6.07) is 3.56. The molecule has 1 aromatic heterocycles. The lowest BCUT2D eigenvalue weighted by Gasteiger charge is -2.55. The number of nitrogens with one attached hydrogen (secondary N) is 1. The average molecular weight is 455 g/mol. The van der Waals surface area contributed by atoms with E-state index in [4.69, 9.17) is 4.74 Å². The van der Waals surface area contributed by atoms with Gasteiger partial charge in [-0.25, -0.2) is 9.59 Å². The summed E-state index contributed by atoms with van der Waals surface area (Å²) in [5.74, 6) is -4.40. The summed E-state index contributed by atoms with van der Waals surface area (Å²) in [4.78, 5) is 55.0. The summed E-state index contributed by atoms with van der Waals surface area (Å²) in [5.41, 5.74) is -3.10. The van der Waals surface area contributed by atoms with Gasteiger partial charge in [0.1, 0.15) is 18.2 Å². The molecule has 3 heterocycles. The lowest BCUT2D eigenvalue weighted by molar-refractivity contribution is -0.192. The topological polar surface area (TPSA) is 155 Å². The van der Waals surface area contributed by atoms with Crippen LogP contribution >= 0.6 is 23.1 Å². The number of β-lactam (4-membered cyclic amide) rings is 1. The van der Waals surface area contributed by atoms with Gasteiger partial charge in [-0.3, -0.25) is 14.5 Å². The lowest BCUT2D eigenvalue weighted by Crippen LogP contribution is -2.80. The molecule has 0 spiro atoms. The van der Waals surface area contributed by atoms with Gasteiger partial charge >= 0.3 is 11.9 Å². The van der Waals surface area contributed by atoms with E-state index in [-0.39, 0.29) is 17.7 Å². The fraction of sp³-hybridized carbons (Fsp3) is 0.353. The highest BCUT2D eigenvalue weighted by Gasteiger charge is 2.67. The predicted molar refractivity (Wildman–Crippen MR) is 106 cm³/mol. The van der Waals surface area contributed by atoms with Gasteiger partial charge in [0.2, 0.25) is 5.91 Å². The van der Waals surface area contributed by atoms with Crippen molar-refractivity contribution < 1.29 is 39.0 Å². The normalized spacial score (nSPS) is 23.5. The maximum absolute atomic E-state index is 13.0. The Balaban J connectivity index is 1.92. The van der Waals surface area contributed by atoms with Crippen LogP contribution in [0.5, 0.6) is 0 Å². The third kappa shape index (κ3) is 3.55. The Labute approximate surface area is 178 Å². The highest BCUT2D eigenvalue weighted by molar-refractivity contribution is 8.00.